The Morgan fingerprint density at radius 1 is 1.09 bits per heavy atom. The van der Waals surface area contributed by atoms with Gasteiger partial charge in [-0.05, 0) is 29.9 Å². The van der Waals surface area contributed by atoms with E-state index in [9.17, 15) is 4.79 Å². The molecule has 1 saturated carbocycles. The molecule has 1 aliphatic rings. The van der Waals surface area contributed by atoms with E-state index in [1.165, 1.54) is 23.3 Å². The fraction of sp³-hybridized carbons (Fsp3) is 0.350. The molecule has 2 aromatic carbocycles. The predicted octanol–water partition coefficient (Wildman–Crippen LogP) is 3.79. The molecule has 3 nitrogen and oxygen atoms in total. The van der Waals surface area contributed by atoms with Crippen molar-refractivity contribution in [3.63, 3.8) is 0 Å². The Hall–Kier alpha value is -2.13. The summed E-state index contributed by atoms with van der Waals surface area (Å²) in [7, 11) is 3.20. The average molecular weight is 309 g/mol. The average Bonchev–Trinajstić information content (AvgIpc) is 2.60. The van der Waals surface area contributed by atoms with Crippen molar-refractivity contribution in [2.24, 2.45) is 5.92 Å². The standard InChI is InChI=1S/C20H23NO2/c1-21(23-2)19(22)15-18-13-14-20(18,16-9-5-3-6-10-16)17-11-7-4-8-12-17/h3-12,18H,13-15H2,1-2H3. The lowest BCUT2D eigenvalue weighted by Gasteiger charge is -2.51. The Labute approximate surface area is 137 Å². The quantitative estimate of drug-likeness (QED) is 0.786. The maximum absolute atomic E-state index is 12.3. The Morgan fingerprint density at radius 3 is 2.00 bits per heavy atom. The van der Waals surface area contributed by atoms with Crippen molar-refractivity contribution in [3.05, 3.63) is 71.8 Å². The van der Waals surface area contributed by atoms with Crippen LogP contribution in [0.1, 0.15) is 30.4 Å². The molecule has 1 atom stereocenters. The Bertz CT molecular complexity index is 614. The first-order chi connectivity index (χ1) is 11.2. The van der Waals surface area contributed by atoms with E-state index in [1.807, 2.05) is 12.1 Å². The Morgan fingerprint density at radius 2 is 1.61 bits per heavy atom. The number of carbonyl (C=O) groups is 1. The van der Waals surface area contributed by atoms with Crippen molar-refractivity contribution in [1.29, 1.82) is 0 Å². The topological polar surface area (TPSA) is 29.5 Å². The monoisotopic (exact) mass is 309 g/mol. The fourth-order valence-electron chi connectivity index (χ4n) is 3.75. The molecular formula is C20H23NO2. The number of nitrogens with zero attached hydrogens (tertiary/aromatic N) is 1. The highest BCUT2D eigenvalue weighted by Crippen LogP contribution is 2.54. The van der Waals surface area contributed by atoms with Gasteiger partial charge in [-0.3, -0.25) is 9.63 Å². The Balaban J connectivity index is 1.96. The van der Waals surface area contributed by atoms with Gasteiger partial charge in [-0.2, -0.15) is 0 Å². The molecule has 0 aromatic heterocycles. The molecule has 1 amide bonds. The molecule has 2 aromatic rings. The van der Waals surface area contributed by atoms with Crippen LogP contribution in [0.25, 0.3) is 0 Å². The zero-order chi connectivity index (χ0) is 16.3. The number of benzene rings is 2. The van der Waals surface area contributed by atoms with E-state index in [-0.39, 0.29) is 11.3 Å². The summed E-state index contributed by atoms with van der Waals surface area (Å²) in [4.78, 5) is 17.4. The second-order valence-corrected chi connectivity index (χ2v) is 6.22. The maximum Gasteiger partial charge on any atom is 0.246 e. The zero-order valence-electron chi connectivity index (χ0n) is 13.7. The predicted molar refractivity (Wildman–Crippen MR) is 90.8 cm³/mol. The Kier molecular flexibility index (Phi) is 4.49. The van der Waals surface area contributed by atoms with Crippen molar-refractivity contribution in [3.8, 4) is 0 Å². The zero-order valence-corrected chi connectivity index (χ0v) is 13.7. The van der Waals surface area contributed by atoms with Crippen LogP contribution in [0.4, 0.5) is 0 Å². The molecule has 3 rings (SSSR count). The van der Waals surface area contributed by atoms with Gasteiger partial charge in [0.05, 0.1) is 7.11 Å². The first-order valence-electron chi connectivity index (χ1n) is 8.10. The second-order valence-electron chi connectivity index (χ2n) is 6.22. The van der Waals surface area contributed by atoms with Crippen LogP contribution >= 0.6 is 0 Å². The van der Waals surface area contributed by atoms with Crippen molar-refractivity contribution >= 4 is 5.91 Å². The summed E-state index contributed by atoms with van der Waals surface area (Å²) in [6.07, 6.45) is 2.65. The van der Waals surface area contributed by atoms with Gasteiger partial charge in [0.1, 0.15) is 0 Å². The highest BCUT2D eigenvalue weighted by atomic mass is 16.7. The highest BCUT2D eigenvalue weighted by Gasteiger charge is 2.49. The lowest BCUT2D eigenvalue weighted by atomic mass is 9.52. The van der Waals surface area contributed by atoms with E-state index >= 15 is 0 Å². The van der Waals surface area contributed by atoms with Crippen LogP contribution in [-0.4, -0.2) is 25.1 Å². The number of hydroxylamine groups is 2. The molecule has 120 valence electrons. The summed E-state index contributed by atoms with van der Waals surface area (Å²) in [6, 6.07) is 21.1. The van der Waals surface area contributed by atoms with E-state index in [4.69, 9.17) is 4.84 Å². The molecule has 23 heavy (non-hydrogen) atoms. The number of hydrogen-bond donors (Lipinski definition) is 0. The lowest BCUT2D eigenvalue weighted by molar-refractivity contribution is -0.171. The van der Waals surface area contributed by atoms with Crippen molar-refractivity contribution in [2.75, 3.05) is 14.2 Å². The van der Waals surface area contributed by atoms with Crippen molar-refractivity contribution < 1.29 is 9.63 Å². The normalized spacial score (nSPS) is 19.0. The van der Waals surface area contributed by atoms with Crippen LogP contribution in [0, 0.1) is 5.92 Å². The van der Waals surface area contributed by atoms with Crippen LogP contribution in [-0.2, 0) is 15.0 Å². The number of rotatable bonds is 5. The van der Waals surface area contributed by atoms with Gasteiger partial charge in [0.25, 0.3) is 0 Å². The lowest BCUT2D eigenvalue weighted by Crippen LogP contribution is -2.47. The third kappa shape index (κ3) is 2.77. The molecule has 0 bridgehead atoms. The minimum atomic E-state index is -0.0627. The molecule has 0 radical (unpaired) electrons. The first kappa shape index (κ1) is 15.8. The SMILES string of the molecule is CON(C)C(=O)CC1CCC1(c1ccccc1)c1ccccc1. The highest BCUT2D eigenvalue weighted by molar-refractivity contribution is 5.75. The van der Waals surface area contributed by atoms with Gasteiger partial charge >= 0.3 is 0 Å². The van der Waals surface area contributed by atoms with Crippen LogP contribution in [0.3, 0.4) is 0 Å². The van der Waals surface area contributed by atoms with Gasteiger partial charge in [0, 0.05) is 18.9 Å². The molecule has 0 heterocycles. The molecule has 3 heteroatoms. The molecular weight excluding hydrogens is 286 g/mol. The van der Waals surface area contributed by atoms with E-state index in [2.05, 4.69) is 48.5 Å². The van der Waals surface area contributed by atoms with E-state index in [0.29, 0.717) is 12.3 Å². The van der Waals surface area contributed by atoms with Crippen LogP contribution in [0.5, 0.6) is 0 Å². The largest absolute Gasteiger partial charge is 0.275 e. The maximum atomic E-state index is 12.3. The first-order valence-corrected chi connectivity index (χ1v) is 8.10. The fourth-order valence-corrected chi connectivity index (χ4v) is 3.75. The van der Waals surface area contributed by atoms with Crippen molar-refractivity contribution in [2.45, 2.75) is 24.7 Å². The van der Waals surface area contributed by atoms with E-state index in [0.717, 1.165) is 12.8 Å². The number of amides is 1. The van der Waals surface area contributed by atoms with Gasteiger partial charge in [0.2, 0.25) is 5.91 Å². The van der Waals surface area contributed by atoms with Crippen molar-refractivity contribution in [1.82, 2.24) is 5.06 Å². The smallest absolute Gasteiger partial charge is 0.246 e. The molecule has 0 spiro atoms. The molecule has 0 aliphatic heterocycles. The minimum Gasteiger partial charge on any atom is -0.275 e. The summed E-state index contributed by atoms with van der Waals surface area (Å²) >= 11 is 0. The minimum absolute atomic E-state index is 0.0356. The molecule has 0 saturated heterocycles. The summed E-state index contributed by atoms with van der Waals surface area (Å²) in [5.41, 5.74) is 2.54. The summed E-state index contributed by atoms with van der Waals surface area (Å²) in [6.45, 7) is 0. The third-order valence-electron chi connectivity index (χ3n) is 5.21. The van der Waals surface area contributed by atoms with Gasteiger partial charge in [-0.15, -0.1) is 0 Å². The van der Waals surface area contributed by atoms with Crippen LogP contribution in [0.15, 0.2) is 60.7 Å². The molecule has 0 N–H and O–H groups in total. The molecule has 1 fully saturated rings. The van der Waals surface area contributed by atoms with E-state index in [1.54, 1.807) is 7.05 Å². The van der Waals surface area contributed by atoms with Crippen LogP contribution < -0.4 is 0 Å². The van der Waals surface area contributed by atoms with Gasteiger partial charge < -0.3 is 0 Å². The van der Waals surface area contributed by atoms with Crippen LogP contribution in [0.2, 0.25) is 0 Å². The second kappa shape index (κ2) is 6.55. The van der Waals surface area contributed by atoms with E-state index < -0.39 is 0 Å². The number of hydrogen-bond acceptors (Lipinski definition) is 2. The summed E-state index contributed by atoms with van der Waals surface area (Å²) in [5, 5.41) is 1.33. The third-order valence-corrected chi connectivity index (χ3v) is 5.21. The summed E-state index contributed by atoms with van der Waals surface area (Å²) < 4.78 is 0. The number of carbonyl (C=O) groups excluding carboxylic acids is 1. The van der Waals surface area contributed by atoms with Gasteiger partial charge in [-0.25, -0.2) is 5.06 Å². The molecule has 1 unspecified atom stereocenters. The summed E-state index contributed by atoms with van der Waals surface area (Å²) in [5.74, 6) is 0.339. The van der Waals surface area contributed by atoms with Gasteiger partial charge in [-0.1, -0.05) is 60.7 Å². The molecule has 1 aliphatic carbocycles. The van der Waals surface area contributed by atoms with Gasteiger partial charge in [0.15, 0.2) is 0 Å².